The Kier molecular flexibility index (Phi) is 38.7. The highest BCUT2D eigenvalue weighted by atomic mass is 32.2. The number of esters is 2. The fourth-order valence-electron chi connectivity index (χ4n) is 2.10. The Morgan fingerprint density at radius 3 is 2.24 bits per heavy atom. The van der Waals surface area contributed by atoms with Gasteiger partial charge in [-0.15, -0.1) is 0 Å². The van der Waals surface area contributed by atoms with Gasteiger partial charge in [0.15, 0.2) is 0 Å². The van der Waals surface area contributed by atoms with E-state index in [9.17, 15) is 19.2 Å². The highest BCUT2D eigenvalue weighted by Crippen LogP contribution is 2.09. The summed E-state index contributed by atoms with van der Waals surface area (Å²) in [6.45, 7) is 16.8. The monoisotopic (exact) mass is 509 g/mol. The van der Waals surface area contributed by atoms with Crippen LogP contribution in [0.4, 0.5) is 0 Å². The molecular formula is C24H51N3O6S. The first-order valence-corrected chi connectivity index (χ1v) is 13.8. The molecule has 0 aromatic rings. The van der Waals surface area contributed by atoms with Crippen LogP contribution in [0.1, 0.15) is 87.5 Å². The largest absolute Gasteiger partial charge is 0.466 e. The molecule has 4 N–H and O–H groups in total. The molecule has 0 aromatic carbocycles. The summed E-state index contributed by atoms with van der Waals surface area (Å²) in [5.74, 6) is -0.289. The Morgan fingerprint density at radius 2 is 1.68 bits per heavy atom. The second-order valence-electron chi connectivity index (χ2n) is 5.91. The van der Waals surface area contributed by atoms with E-state index >= 15 is 0 Å². The topological polar surface area (TPSA) is 137 Å². The normalized spacial score (nSPS) is 15.5. The van der Waals surface area contributed by atoms with Crippen molar-refractivity contribution in [3.8, 4) is 0 Å². The predicted octanol–water partition coefficient (Wildman–Crippen LogP) is 3.43. The number of ether oxygens (including phenoxy) is 2. The van der Waals surface area contributed by atoms with E-state index in [-0.39, 0.29) is 31.3 Å². The molecule has 1 heterocycles. The third-order valence-corrected chi connectivity index (χ3v) is 4.53. The van der Waals surface area contributed by atoms with E-state index < -0.39 is 17.9 Å². The van der Waals surface area contributed by atoms with Crippen LogP contribution in [0, 0.1) is 0 Å². The van der Waals surface area contributed by atoms with Crippen LogP contribution in [0.2, 0.25) is 0 Å². The van der Waals surface area contributed by atoms with Gasteiger partial charge in [0.25, 0.3) is 0 Å². The lowest BCUT2D eigenvalue weighted by atomic mass is 10.2. The minimum absolute atomic E-state index is 0.134. The Labute approximate surface area is 212 Å². The molecule has 204 valence electrons. The standard InChI is InChI=1S/C16H26N2O6S.C2H7N.3C2H6/c1-2-23-14(20)7-5-6-13(19)18-12-11-25-9-4-3-8-24-15(21)10-17-16(12)22;1-2-3;3*1-2/h12H,2-11H2,1H3,(H,17,22)(H,18,19);2-3H2,1H3;3*1-2H3. The molecule has 1 unspecified atom stereocenters. The molecule has 10 heteroatoms. The van der Waals surface area contributed by atoms with Crippen LogP contribution >= 0.6 is 11.8 Å². The minimum atomic E-state index is -0.715. The smallest absolute Gasteiger partial charge is 0.325 e. The molecule has 1 fully saturated rings. The van der Waals surface area contributed by atoms with Crippen molar-refractivity contribution in [2.45, 2.75) is 93.5 Å². The van der Waals surface area contributed by atoms with Crippen LogP contribution in [0.25, 0.3) is 0 Å². The summed E-state index contributed by atoms with van der Waals surface area (Å²) >= 11 is 1.57. The highest BCUT2D eigenvalue weighted by Gasteiger charge is 2.22. The molecule has 34 heavy (non-hydrogen) atoms. The lowest BCUT2D eigenvalue weighted by molar-refractivity contribution is -0.144. The number of thioether (sulfide) groups is 1. The summed E-state index contributed by atoms with van der Waals surface area (Å²) in [4.78, 5) is 46.9. The summed E-state index contributed by atoms with van der Waals surface area (Å²) in [5.41, 5.74) is 4.85. The Morgan fingerprint density at radius 1 is 1.09 bits per heavy atom. The van der Waals surface area contributed by atoms with Gasteiger partial charge in [0, 0.05) is 18.6 Å². The second-order valence-corrected chi connectivity index (χ2v) is 7.06. The zero-order chi connectivity index (χ0) is 27.2. The number of nitrogens with one attached hydrogen (secondary N) is 2. The fraction of sp³-hybridized carbons (Fsp3) is 0.833. The van der Waals surface area contributed by atoms with Gasteiger partial charge in [0.2, 0.25) is 11.8 Å². The zero-order valence-electron chi connectivity index (χ0n) is 22.8. The third kappa shape index (κ3) is 28.2. The zero-order valence-corrected chi connectivity index (χ0v) is 23.6. The molecule has 1 aliphatic heterocycles. The number of carbonyl (C=O) groups excluding carboxylic acids is 4. The average Bonchev–Trinajstić information content (AvgIpc) is 2.85. The Hall–Kier alpha value is -1.81. The lowest BCUT2D eigenvalue weighted by Crippen LogP contribution is -2.49. The van der Waals surface area contributed by atoms with Crippen molar-refractivity contribution in [1.82, 2.24) is 10.6 Å². The van der Waals surface area contributed by atoms with E-state index in [0.29, 0.717) is 25.4 Å². The Balaban J connectivity index is -0.000000440. The van der Waals surface area contributed by atoms with Gasteiger partial charge >= 0.3 is 11.9 Å². The Bertz CT molecular complexity index is 493. The third-order valence-electron chi connectivity index (χ3n) is 3.38. The molecule has 1 rings (SSSR count). The van der Waals surface area contributed by atoms with Crippen molar-refractivity contribution in [3.63, 3.8) is 0 Å². The molecule has 0 spiro atoms. The molecule has 2 amide bonds. The van der Waals surface area contributed by atoms with Crippen molar-refractivity contribution in [1.29, 1.82) is 0 Å². The van der Waals surface area contributed by atoms with E-state index in [4.69, 9.17) is 15.2 Å². The van der Waals surface area contributed by atoms with Gasteiger partial charge in [-0.1, -0.05) is 48.5 Å². The van der Waals surface area contributed by atoms with Gasteiger partial charge in [-0.3, -0.25) is 19.2 Å². The molecule has 0 aliphatic carbocycles. The number of amides is 2. The molecular weight excluding hydrogens is 458 g/mol. The van der Waals surface area contributed by atoms with Gasteiger partial charge in [-0.05, 0) is 38.5 Å². The summed E-state index contributed by atoms with van der Waals surface area (Å²) in [6, 6.07) is -0.715. The number of hydrogen-bond acceptors (Lipinski definition) is 8. The maximum Gasteiger partial charge on any atom is 0.325 e. The van der Waals surface area contributed by atoms with Gasteiger partial charge in [-0.2, -0.15) is 11.8 Å². The summed E-state index contributed by atoms with van der Waals surface area (Å²) in [5, 5.41) is 5.15. The van der Waals surface area contributed by atoms with Crippen molar-refractivity contribution < 1.29 is 28.7 Å². The number of rotatable bonds is 6. The van der Waals surface area contributed by atoms with Crippen LogP contribution in [0.15, 0.2) is 0 Å². The van der Waals surface area contributed by atoms with Crippen molar-refractivity contribution >= 4 is 35.5 Å². The highest BCUT2D eigenvalue weighted by molar-refractivity contribution is 7.99. The quantitative estimate of drug-likeness (QED) is 0.463. The summed E-state index contributed by atoms with van der Waals surface area (Å²) < 4.78 is 9.78. The molecule has 1 atom stereocenters. The minimum Gasteiger partial charge on any atom is -0.466 e. The van der Waals surface area contributed by atoms with Crippen molar-refractivity contribution in [2.75, 3.05) is 37.8 Å². The fourth-order valence-corrected chi connectivity index (χ4v) is 3.15. The van der Waals surface area contributed by atoms with Crippen LogP contribution in [-0.4, -0.2) is 67.6 Å². The molecule has 0 aromatic heterocycles. The molecule has 9 nitrogen and oxygen atoms in total. The van der Waals surface area contributed by atoms with E-state index in [2.05, 4.69) is 10.6 Å². The van der Waals surface area contributed by atoms with Gasteiger partial charge in [0.05, 0.1) is 13.2 Å². The maximum absolute atomic E-state index is 12.2. The van der Waals surface area contributed by atoms with E-state index in [1.807, 2.05) is 48.5 Å². The SMILES string of the molecule is CC.CC.CC.CCN.CCOC(=O)CCCC(=O)NC1CSCCCCOC(=O)CNC1=O. The molecule has 0 saturated carbocycles. The second kappa shape index (κ2) is 33.4. The first-order chi connectivity index (χ1) is 16.4. The molecule has 0 bridgehead atoms. The first kappa shape index (κ1) is 39.4. The van der Waals surface area contributed by atoms with Crippen LogP contribution in [-0.2, 0) is 28.7 Å². The lowest BCUT2D eigenvalue weighted by Gasteiger charge is -2.19. The van der Waals surface area contributed by atoms with E-state index in [1.54, 1.807) is 18.7 Å². The number of nitrogens with two attached hydrogens (primary N) is 1. The van der Waals surface area contributed by atoms with Gasteiger partial charge in [0.1, 0.15) is 12.6 Å². The van der Waals surface area contributed by atoms with Crippen LogP contribution in [0.3, 0.4) is 0 Å². The van der Waals surface area contributed by atoms with E-state index in [1.165, 1.54) is 0 Å². The first-order valence-electron chi connectivity index (χ1n) is 12.6. The maximum atomic E-state index is 12.2. The van der Waals surface area contributed by atoms with Crippen molar-refractivity contribution in [2.24, 2.45) is 5.73 Å². The summed E-state index contributed by atoms with van der Waals surface area (Å²) in [6.07, 6.45) is 2.31. The predicted molar refractivity (Wildman–Crippen MR) is 142 cm³/mol. The van der Waals surface area contributed by atoms with E-state index in [0.717, 1.165) is 25.1 Å². The van der Waals surface area contributed by atoms with Crippen molar-refractivity contribution in [3.05, 3.63) is 0 Å². The average molecular weight is 510 g/mol. The number of cyclic esters (lactones) is 1. The molecule has 0 radical (unpaired) electrons. The number of hydrogen-bond donors (Lipinski definition) is 3. The van der Waals surface area contributed by atoms with Gasteiger partial charge in [-0.25, -0.2) is 0 Å². The van der Waals surface area contributed by atoms with Gasteiger partial charge < -0.3 is 25.8 Å². The molecule has 1 saturated heterocycles. The van der Waals surface area contributed by atoms with Crippen LogP contribution in [0.5, 0.6) is 0 Å². The molecule has 1 aliphatic rings. The van der Waals surface area contributed by atoms with Crippen LogP contribution < -0.4 is 16.4 Å². The number of carbonyl (C=O) groups is 4. The summed E-state index contributed by atoms with van der Waals surface area (Å²) in [7, 11) is 0.